The number of ether oxygens (including phenoxy) is 1. The predicted octanol–water partition coefficient (Wildman–Crippen LogP) is 4.47. The molecule has 0 atom stereocenters. The third-order valence-electron chi connectivity index (χ3n) is 7.48. The summed E-state index contributed by atoms with van der Waals surface area (Å²) in [7, 11) is -3.56. The number of benzene rings is 2. The number of carbonyl (C=O) groups excluding carboxylic acids is 2. The minimum atomic E-state index is -3.56. The van der Waals surface area contributed by atoms with Crippen molar-refractivity contribution in [3.8, 4) is 0 Å². The van der Waals surface area contributed by atoms with Gasteiger partial charge in [-0.25, -0.2) is 8.42 Å². The molecule has 3 heterocycles. The van der Waals surface area contributed by atoms with Crippen LogP contribution in [0.1, 0.15) is 25.3 Å². The number of amides is 1. The van der Waals surface area contributed by atoms with Gasteiger partial charge in [0, 0.05) is 55.8 Å². The fourth-order valence-corrected chi connectivity index (χ4v) is 6.57. The molecular weight excluding hydrogens is 576 g/mol. The van der Waals surface area contributed by atoms with Crippen LogP contribution in [0.2, 0.25) is 5.02 Å². The van der Waals surface area contributed by atoms with Crippen molar-refractivity contribution in [3.05, 3.63) is 77.6 Å². The highest BCUT2D eigenvalue weighted by atomic mass is 35.5. The van der Waals surface area contributed by atoms with Gasteiger partial charge in [0.25, 0.3) is 6.47 Å². The highest BCUT2D eigenvalue weighted by molar-refractivity contribution is 7.89. The first kappa shape index (κ1) is 31.5. The molecule has 0 unspecified atom stereocenters. The van der Waals surface area contributed by atoms with E-state index in [0.717, 1.165) is 42.3 Å². The fraction of sp³-hybridized carbons (Fsp3) is 0.387. The third-order valence-corrected chi connectivity index (χ3v) is 9.42. The number of pyridine rings is 1. The zero-order valence-corrected chi connectivity index (χ0v) is 25.3. The lowest BCUT2D eigenvalue weighted by molar-refractivity contribution is -0.134. The van der Waals surface area contributed by atoms with Crippen molar-refractivity contribution in [3.63, 3.8) is 0 Å². The Morgan fingerprint density at radius 2 is 1.71 bits per heavy atom. The van der Waals surface area contributed by atoms with Gasteiger partial charge >= 0.3 is 0 Å². The number of hydrogen-bond acceptors (Lipinski definition) is 7. The maximum atomic E-state index is 12.9. The summed E-state index contributed by atoms with van der Waals surface area (Å²) in [5, 5.41) is 2.76. The van der Waals surface area contributed by atoms with Crippen LogP contribution in [0.25, 0.3) is 16.8 Å². The molecule has 42 heavy (non-hydrogen) atoms. The van der Waals surface area contributed by atoms with Crippen LogP contribution in [-0.2, 0) is 24.3 Å². The van der Waals surface area contributed by atoms with E-state index in [9.17, 15) is 18.0 Å². The number of piperazine rings is 1. The van der Waals surface area contributed by atoms with Gasteiger partial charge < -0.3 is 14.5 Å². The van der Waals surface area contributed by atoms with E-state index in [1.807, 2.05) is 71.9 Å². The van der Waals surface area contributed by atoms with Crippen LogP contribution in [0.4, 0.5) is 5.69 Å². The van der Waals surface area contributed by atoms with E-state index in [4.69, 9.17) is 11.6 Å². The number of nitrogens with zero attached hydrogens (tertiary/aromatic N) is 4. The standard InChI is InChI=1S/C28H31ClN4O3S.C3H6O2/c29-26-6-5-24-18-22(3-4-25(24)19-26)2-1-17-37(35,36)33-16-15-32(28(34)21-33)20-23-9-13-31(14-10-23)27-7-11-30-12-8-27;1-2-5-3-4/h1-8,11-12,18-19,23H,9-10,13-17,20-21H2;3H,2H2,1H3. The molecule has 11 heteroatoms. The van der Waals surface area contributed by atoms with Crippen molar-refractivity contribution >= 4 is 56.5 Å². The van der Waals surface area contributed by atoms with Gasteiger partial charge in [-0.15, -0.1) is 0 Å². The smallest absolute Gasteiger partial charge is 0.293 e. The molecule has 9 nitrogen and oxygen atoms in total. The normalized spacial score (nSPS) is 16.9. The maximum absolute atomic E-state index is 12.9. The second-order valence-corrected chi connectivity index (χ2v) is 12.7. The molecule has 5 rings (SSSR count). The Kier molecular flexibility index (Phi) is 11.3. The molecule has 2 aliphatic heterocycles. The first-order valence-corrected chi connectivity index (χ1v) is 16.1. The molecule has 2 fully saturated rings. The first-order valence-electron chi connectivity index (χ1n) is 14.1. The van der Waals surface area contributed by atoms with Gasteiger partial charge in [0.05, 0.1) is 18.9 Å². The van der Waals surface area contributed by atoms with E-state index in [-0.39, 0.29) is 18.2 Å². The van der Waals surface area contributed by atoms with Crippen LogP contribution in [0.5, 0.6) is 0 Å². The summed E-state index contributed by atoms with van der Waals surface area (Å²) >= 11 is 6.04. The summed E-state index contributed by atoms with van der Waals surface area (Å²) < 4.78 is 31.3. The van der Waals surface area contributed by atoms with Crippen LogP contribution < -0.4 is 4.90 Å². The Morgan fingerprint density at radius 1 is 1.00 bits per heavy atom. The first-order chi connectivity index (χ1) is 20.3. The van der Waals surface area contributed by atoms with E-state index in [1.165, 1.54) is 9.99 Å². The quantitative estimate of drug-likeness (QED) is 0.329. The van der Waals surface area contributed by atoms with Crippen molar-refractivity contribution in [2.24, 2.45) is 5.92 Å². The number of piperidine rings is 1. The average molecular weight is 613 g/mol. The zero-order chi connectivity index (χ0) is 30.0. The number of sulfonamides is 1. The summed E-state index contributed by atoms with van der Waals surface area (Å²) in [5.41, 5.74) is 2.10. The Hall–Kier alpha value is -3.47. The second-order valence-electron chi connectivity index (χ2n) is 10.3. The minimum Gasteiger partial charge on any atom is -0.468 e. The molecule has 224 valence electrons. The number of hydrogen-bond donors (Lipinski definition) is 0. The largest absolute Gasteiger partial charge is 0.468 e. The van der Waals surface area contributed by atoms with Crippen LogP contribution in [0.3, 0.4) is 0 Å². The van der Waals surface area contributed by atoms with Crippen molar-refractivity contribution in [1.29, 1.82) is 0 Å². The number of anilines is 1. The van der Waals surface area contributed by atoms with Crippen LogP contribution in [0.15, 0.2) is 67.0 Å². The van der Waals surface area contributed by atoms with Gasteiger partial charge in [0.1, 0.15) is 0 Å². The average Bonchev–Trinajstić information content (AvgIpc) is 2.99. The lowest BCUT2D eigenvalue weighted by atomic mass is 9.95. The molecule has 0 radical (unpaired) electrons. The maximum Gasteiger partial charge on any atom is 0.293 e. The van der Waals surface area contributed by atoms with Crippen LogP contribution in [-0.4, -0.2) is 86.6 Å². The molecule has 0 bridgehead atoms. The van der Waals surface area contributed by atoms with Gasteiger partial charge in [0.15, 0.2) is 0 Å². The fourth-order valence-electron chi connectivity index (χ4n) is 5.18. The van der Waals surface area contributed by atoms with E-state index in [0.29, 0.717) is 43.7 Å². The van der Waals surface area contributed by atoms with Crippen molar-refractivity contribution in [1.82, 2.24) is 14.2 Å². The number of halogens is 1. The highest BCUT2D eigenvalue weighted by Gasteiger charge is 2.32. The summed E-state index contributed by atoms with van der Waals surface area (Å²) in [4.78, 5) is 30.3. The summed E-state index contributed by atoms with van der Waals surface area (Å²) in [6.45, 7) is 5.97. The second kappa shape index (κ2) is 15.1. The molecule has 1 aromatic heterocycles. The van der Waals surface area contributed by atoms with E-state index >= 15 is 0 Å². The molecular formula is C31H37ClN4O5S. The number of carbonyl (C=O) groups is 2. The molecule has 0 aliphatic carbocycles. The van der Waals surface area contributed by atoms with Gasteiger partial charge in [-0.2, -0.15) is 4.31 Å². The summed E-state index contributed by atoms with van der Waals surface area (Å²) in [6.07, 6.45) is 9.11. The number of fused-ring (bicyclic) bond motifs is 1. The molecule has 0 saturated carbocycles. The molecule has 2 saturated heterocycles. The van der Waals surface area contributed by atoms with Gasteiger partial charge in [-0.3, -0.25) is 14.6 Å². The van der Waals surface area contributed by atoms with E-state index in [1.54, 1.807) is 13.0 Å². The van der Waals surface area contributed by atoms with Crippen LogP contribution in [0, 0.1) is 5.92 Å². The van der Waals surface area contributed by atoms with Crippen molar-refractivity contribution in [2.45, 2.75) is 19.8 Å². The molecule has 1 amide bonds. The highest BCUT2D eigenvalue weighted by Crippen LogP contribution is 2.25. The van der Waals surface area contributed by atoms with Crippen molar-refractivity contribution < 1.29 is 22.7 Å². The third kappa shape index (κ3) is 8.77. The molecule has 2 aliphatic rings. The predicted molar refractivity (Wildman–Crippen MR) is 167 cm³/mol. The topological polar surface area (TPSA) is 100 Å². The van der Waals surface area contributed by atoms with Gasteiger partial charge in [-0.05, 0) is 72.4 Å². The molecule has 0 spiro atoms. The number of aromatic nitrogens is 1. The Morgan fingerprint density at radius 3 is 2.38 bits per heavy atom. The lowest BCUT2D eigenvalue weighted by Gasteiger charge is -2.38. The summed E-state index contributed by atoms with van der Waals surface area (Å²) in [6, 6.07) is 15.6. The van der Waals surface area contributed by atoms with Crippen molar-refractivity contribution in [2.75, 3.05) is 56.5 Å². The molecule has 2 aromatic carbocycles. The number of rotatable bonds is 9. The molecule has 0 N–H and O–H groups in total. The van der Waals surface area contributed by atoms with Gasteiger partial charge in [0.2, 0.25) is 15.9 Å². The summed E-state index contributed by atoms with van der Waals surface area (Å²) in [5.74, 6) is 0.196. The lowest BCUT2D eigenvalue weighted by Crippen LogP contribution is -2.54. The monoisotopic (exact) mass is 612 g/mol. The van der Waals surface area contributed by atoms with Crippen LogP contribution >= 0.6 is 11.6 Å². The minimum absolute atomic E-state index is 0.0806. The van der Waals surface area contributed by atoms with E-state index < -0.39 is 10.0 Å². The zero-order valence-electron chi connectivity index (χ0n) is 23.8. The Balaban J connectivity index is 0.000000748. The Labute approximate surface area is 252 Å². The Bertz CT molecular complexity index is 1480. The molecule has 3 aromatic rings. The van der Waals surface area contributed by atoms with Gasteiger partial charge in [-0.1, -0.05) is 42.0 Å². The SMILES string of the molecule is CCOC=O.O=C1CN(S(=O)(=O)CC=Cc2ccc3cc(Cl)ccc3c2)CCN1CC1CCN(c2ccncc2)CC1. The van der Waals surface area contributed by atoms with E-state index in [2.05, 4.69) is 14.6 Å².